The number of hydrogen-bond donors (Lipinski definition) is 1. The number of nitrogens with zero attached hydrogens (tertiary/aromatic N) is 1. The summed E-state index contributed by atoms with van der Waals surface area (Å²) in [5.41, 5.74) is 1.85. The molecule has 0 saturated carbocycles. The summed E-state index contributed by atoms with van der Waals surface area (Å²) in [6.45, 7) is 6.87. The van der Waals surface area contributed by atoms with E-state index in [0.717, 1.165) is 24.2 Å². The Balaban J connectivity index is 2.69. The van der Waals surface area contributed by atoms with Crippen molar-refractivity contribution >= 4 is 21.6 Å². The zero-order chi connectivity index (χ0) is 13.8. The van der Waals surface area contributed by atoms with E-state index >= 15 is 0 Å². The molecular weight excluding hydrogens is 295 g/mol. The summed E-state index contributed by atoms with van der Waals surface area (Å²) in [5, 5.41) is 11.9. The van der Waals surface area contributed by atoms with E-state index in [0.29, 0.717) is 10.9 Å². The van der Waals surface area contributed by atoms with Gasteiger partial charge in [-0.05, 0) is 52.4 Å². The molecule has 0 saturated heterocycles. The molecule has 0 unspecified atom stereocenters. The lowest BCUT2D eigenvalue weighted by molar-refractivity contribution is 0.363. The van der Waals surface area contributed by atoms with E-state index in [2.05, 4.69) is 41.2 Å². The first-order valence-electron chi connectivity index (χ1n) is 5.92. The minimum atomic E-state index is -0.248. The molecule has 0 fully saturated rings. The van der Waals surface area contributed by atoms with Crippen molar-refractivity contribution in [2.75, 3.05) is 11.9 Å². The van der Waals surface area contributed by atoms with Crippen LogP contribution in [-0.2, 0) is 0 Å². The van der Waals surface area contributed by atoms with Crippen LogP contribution >= 0.6 is 15.9 Å². The lowest BCUT2D eigenvalue weighted by atomic mass is 9.88. The van der Waals surface area contributed by atoms with Crippen molar-refractivity contribution in [1.82, 2.24) is 0 Å². The van der Waals surface area contributed by atoms with Crippen LogP contribution in [0, 0.1) is 29.5 Å². The van der Waals surface area contributed by atoms with Gasteiger partial charge >= 0.3 is 0 Å². The molecule has 0 aliphatic rings. The largest absolute Gasteiger partial charge is 0.384 e. The summed E-state index contributed by atoms with van der Waals surface area (Å²) in [4.78, 5) is 0. The number of anilines is 1. The molecule has 0 radical (unpaired) electrons. The van der Waals surface area contributed by atoms with Gasteiger partial charge in [-0.25, -0.2) is 4.39 Å². The lowest BCUT2D eigenvalue weighted by Gasteiger charge is -2.25. The SMILES string of the molecule is Cc1cc(F)c(Br)cc1NCC(C)(C)CCC#N. The zero-order valence-electron chi connectivity index (χ0n) is 11.0. The fraction of sp³-hybridized carbons (Fsp3) is 0.500. The second-order valence-electron chi connectivity index (χ2n) is 5.26. The Morgan fingerprint density at radius 3 is 2.72 bits per heavy atom. The lowest BCUT2D eigenvalue weighted by Crippen LogP contribution is -2.23. The molecule has 4 heteroatoms. The highest BCUT2D eigenvalue weighted by Crippen LogP contribution is 2.27. The number of rotatable bonds is 5. The highest BCUT2D eigenvalue weighted by molar-refractivity contribution is 9.10. The standard InChI is InChI=1S/C14H18BrFN2/c1-10-7-12(16)11(15)8-13(10)18-9-14(2,3)5-4-6-17/h7-8,18H,4-5,9H2,1-3H3. The third kappa shape index (κ3) is 4.30. The van der Waals surface area contributed by atoms with Gasteiger partial charge in [0.05, 0.1) is 10.5 Å². The smallest absolute Gasteiger partial charge is 0.137 e. The van der Waals surface area contributed by atoms with Gasteiger partial charge in [0.15, 0.2) is 0 Å². The topological polar surface area (TPSA) is 35.8 Å². The first kappa shape index (κ1) is 15.0. The van der Waals surface area contributed by atoms with Crippen molar-refractivity contribution in [2.24, 2.45) is 5.41 Å². The van der Waals surface area contributed by atoms with Crippen molar-refractivity contribution in [3.05, 3.63) is 28.0 Å². The number of hydrogen-bond acceptors (Lipinski definition) is 2. The zero-order valence-corrected chi connectivity index (χ0v) is 12.6. The molecule has 0 aliphatic carbocycles. The quantitative estimate of drug-likeness (QED) is 0.859. The Morgan fingerprint density at radius 2 is 2.11 bits per heavy atom. The number of nitrogens with one attached hydrogen (secondary N) is 1. The van der Waals surface area contributed by atoms with E-state index in [1.54, 1.807) is 6.07 Å². The van der Waals surface area contributed by atoms with E-state index in [1.807, 2.05) is 6.92 Å². The molecule has 0 aromatic heterocycles. The van der Waals surface area contributed by atoms with Gasteiger partial charge in [-0.2, -0.15) is 5.26 Å². The monoisotopic (exact) mass is 312 g/mol. The average molecular weight is 313 g/mol. The Labute approximate surface area is 116 Å². The van der Waals surface area contributed by atoms with Gasteiger partial charge in [0, 0.05) is 18.7 Å². The van der Waals surface area contributed by atoms with Gasteiger partial charge in [0.25, 0.3) is 0 Å². The number of halogens is 2. The summed E-state index contributed by atoms with van der Waals surface area (Å²) in [7, 11) is 0. The molecule has 0 amide bonds. The Hall–Kier alpha value is -1.08. The molecular formula is C14H18BrFN2. The maximum Gasteiger partial charge on any atom is 0.137 e. The molecule has 0 atom stereocenters. The normalized spacial score (nSPS) is 11.1. The Bertz CT molecular complexity index is 464. The van der Waals surface area contributed by atoms with E-state index in [9.17, 15) is 4.39 Å². The second kappa shape index (κ2) is 6.19. The third-order valence-electron chi connectivity index (χ3n) is 2.94. The van der Waals surface area contributed by atoms with Gasteiger partial charge in [-0.1, -0.05) is 13.8 Å². The van der Waals surface area contributed by atoms with Crippen LogP contribution in [0.3, 0.4) is 0 Å². The Kier molecular flexibility index (Phi) is 5.15. The molecule has 0 bridgehead atoms. The van der Waals surface area contributed by atoms with Crippen molar-refractivity contribution < 1.29 is 4.39 Å². The molecule has 1 aromatic carbocycles. The predicted octanol–water partition coefficient (Wildman–Crippen LogP) is 4.64. The highest BCUT2D eigenvalue weighted by atomic mass is 79.9. The van der Waals surface area contributed by atoms with Crippen LogP contribution in [-0.4, -0.2) is 6.54 Å². The molecule has 98 valence electrons. The van der Waals surface area contributed by atoms with Crippen LogP contribution in [0.1, 0.15) is 32.3 Å². The van der Waals surface area contributed by atoms with E-state index < -0.39 is 0 Å². The second-order valence-corrected chi connectivity index (χ2v) is 6.11. The van der Waals surface area contributed by atoms with Gasteiger partial charge < -0.3 is 5.32 Å². The van der Waals surface area contributed by atoms with Crippen LogP contribution in [0.2, 0.25) is 0 Å². The number of aryl methyl sites for hydroxylation is 1. The van der Waals surface area contributed by atoms with Gasteiger partial charge in [-0.15, -0.1) is 0 Å². The number of nitriles is 1. The van der Waals surface area contributed by atoms with E-state index in [1.165, 1.54) is 6.07 Å². The molecule has 1 N–H and O–H groups in total. The average Bonchev–Trinajstić information content (AvgIpc) is 2.30. The van der Waals surface area contributed by atoms with Gasteiger partial charge in [0.2, 0.25) is 0 Å². The highest BCUT2D eigenvalue weighted by Gasteiger charge is 2.17. The van der Waals surface area contributed by atoms with Crippen LogP contribution in [0.4, 0.5) is 10.1 Å². The molecule has 0 spiro atoms. The minimum Gasteiger partial charge on any atom is -0.384 e. The van der Waals surface area contributed by atoms with Crippen molar-refractivity contribution in [3.8, 4) is 6.07 Å². The maximum absolute atomic E-state index is 13.3. The molecule has 1 rings (SSSR count). The fourth-order valence-corrected chi connectivity index (χ4v) is 2.00. The van der Waals surface area contributed by atoms with Crippen molar-refractivity contribution in [2.45, 2.75) is 33.6 Å². The molecule has 0 heterocycles. The summed E-state index contributed by atoms with van der Waals surface area (Å²) in [6, 6.07) is 5.43. The maximum atomic E-state index is 13.3. The van der Waals surface area contributed by atoms with Crippen LogP contribution < -0.4 is 5.32 Å². The van der Waals surface area contributed by atoms with Gasteiger partial charge in [0.1, 0.15) is 5.82 Å². The summed E-state index contributed by atoms with van der Waals surface area (Å²) < 4.78 is 13.8. The van der Waals surface area contributed by atoms with Crippen LogP contribution in [0.5, 0.6) is 0 Å². The molecule has 18 heavy (non-hydrogen) atoms. The number of benzene rings is 1. The third-order valence-corrected chi connectivity index (χ3v) is 3.55. The fourth-order valence-electron chi connectivity index (χ4n) is 1.65. The van der Waals surface area contributed by atoms with Crippen LogP contribution in [0.25, 0.3) is 0 Å². The van der Waals surface area contributed by atoms with E-state index in [-0.39, 0.29) is 11.2 Å². The predicted molar refractivity (Wildman–Crippen MR) is 76.0 cm³/mol. The van der Waals surface area contributed by atoms with Gasteiger partial charge in [-0.3, -0.25) is 0 Å². The molecule has 0 aliphatic heterocycles. The first-order valence-corrected chi connectivity index (χ1v) is 6.71. The molecule has 1 aromatic rings. The van der Waals surface area contributed by atoms with Crippen molar-refractivity contribution in [1.29, 1.82) is 5.26 Å². The van der Waals surface area contributed by atoms with E-state index in [4.69, 9.17) is 5.26 Å². The summed E-state index contributed by atoms with van der Waals surface area (Å²) in [5.74, 6) is -0.248. The Morgan fingerprint density at radius 1 is 1.44 bits per heavy atom. The summed E-state index contributed by atoms with van der Waals surface area (Å²) in [6.07, 6.45) is 1.40. The van der Waals surface area contributed by atoms with Crippen molar-refractivity contribution in [3.63, 3.8) is 0 Å². The van der Waals surface area contributed by atoms with Crippen LogP contribution in [0.15, 0.2) is 16.6 Å². The first-order chi connectivity index (χ1) is 8.35. The summed E-state index contributed by atoms with van der Waals surface area (Å²) >= 11 is 3.18. The minimum absolute atomic E-state index is 0.0447. The molecule has 2 nitrogen and oxygen atoms in total.